The summed E-state index contributed by atoms with van der Waals surface area (Å²) >= 11 is 0. The second-order valence-electron chi connectivity index (χ2n) is 7.73. The van der Waals surface area contributed by atoms with Gasteiger partial charge < -0.3 is 10.0 Å². The van der Waals surface area contributed by atoms with Gasteiger partial charge in [-0.15, -0.1) is 0 Å². The molecule has 1 aromatic carbocycles. The van der Waals surface area contributed by atoms with Crippen molar-refractivity contribution >= 4 is 11.6 Å². The summed E-state index contributed by atoms with van der Waals surface area (Å²) in [5, 5.41) is 15.0. The lowest BCUT2D eigenvalue weighted by Gasteiger charge is -2.34. The number of benzene rings is 1. The first-order valence-electron chi connectivity index (χ1n) is 9.86. The summed E-state index contributed by atoms with van der Waals surface area (Å²) in [6.07, 6.45) is 1.92. The molecule has 1 aliphatic rings. The molecule has 1 N–H and O–H groups in total. The molecule has 28 heavy (non-hydrogen) atoms. The third-order valence-corrected chi connectivity index (χ3v) is 5.61. The Hall–Kier alpha value is -2.73. The highest BCUT2D eigenvalue weighted by Crippen LogP contribution is 2.24. The normalized spacial score (nSPS) is 16.5. The number of aromatic nitrogens is 3. The summed E-state index contributed by atoms with van der Waals surface area (Å²) in [6.45, 7) is 5.16. The highest BCUT2D eigenvalue weighted by molar-refractivity contribution is 5.93. The predicted octanol–water partition coefficient (Wildman–Crippen LogP) is 2.80. The number of aliphatic hydroxyl groups is 1. The van der Waals surface area contributed by atoms with Crippen LogP contribution in [0, 0.1) is 19.8 Å². The van der Waals surface area contributed by atoms with E-state index in [1.165, 1.54) is 0 Å². The molecule has 0 radical (unpaired) electrons. The molecule has 3 heterocycles. The Morgan fingerprint density at radius 1 is 1.18 bits per heavy atom. The van der Waals surface area contributed by atoms with Crippen molar-refractivity contribution in [3.8, 4) is 0 Å². The molecule has 0 saturated carbocycles. The van der Waals surface area contributed by atoms with Crippen LogP contribution in [0.15, 0.2) is 42.5 Å². The fraction of sp³-hybridized carbons (Fsp3) is 0.409. The Kier molecular flexibility index (Phi) is 5.13. The molecule has 0 unspecified atom stereocenters. The van der Waals surface area contributed by atoms with E-state index in [9.17, 15) is 9.90 Å². The van der Waals surface area contributed by atoms with Gasteiger partial charge in [-0.25, -0.2) is 9.50 Å². The lowest BCUT2D eigenvalue weighted by atomic mass is 9.88. The molecule has 1 fully saturated rings. The number of piperidine rings is 1. The first kappa shape index (κ1) is 18.6. The Bertz CT molecular complexity index is 975. The molecule has 6 heteroatoms. The van der Waals surface area contributed by atoms with Crippen molar-refractivity contribution in [3.63, 3.8) is 0 Å². The molecule has 0 aliphatic carbocycles. The van der Waals surface area contributed by atoms with E-state index in [0.29, 0.717) is 30.9 Å². The van der Waals surface area contributed by atoms with Crippen LogP contribution in [0.4, 0.5) is 0 Å². The van der Waals surface area contributed by atoms with E-state index in [1.54, 1.807) is 10.6 Å². The van der Waals surface area contributed by atoms with Gasteiger partial charge in [-0.1, -0.05) is 30.3 Å². The van der Waals surface area contributed by atoms with Crippen molar-refractivity contribution in [2.45, 2.75) is 39.2 Å². The van der Waals surface area contributed by atoms with Crippen LogP contribution in [0.1, 0.15) is 40.3 Å². The largest absolute Gasteiger partial charge is 0.392 e. The van der Waals surface area contributed by atoms with Gasteiger partial charge in [-0.05, 0) is 50.7 Å². The lowest BCUT2D eigenvalue weighted by molar-refractivity contribution is 0.0464. The van der Waals surface area contributed by atoms with Gasteiger partial charge >= 0.3 is 0 Å². The minimum Gasteiger partial charge on any atom is -0.392 e. The SMILES string of the molecule is Cc1cc2nc(C(=O)N3CCC([C@H](O)Cc4ccccc4)CC3)cc(C)n2n1. The maximum atomic E-state index is 12.9. The maximum Gasteiger partial charge on any atom is 0.272 e. The molecule has 2 aromatic heterocycles. The van der Waals surface area contributed by atoms with E-state index < -0.39 is 0 Å². The van der Waals surface area contributed by atoms with Crippen LogP contribution in [0.3, 0.4) is 0 Å². The average molecular weight is 378 g/mol. The third kappa shape index (κ3) is 3.78. The molecule has 0 bridgehead atoms. The van der Waals surface area contributed by atoms with Crippen molar-refractivity contribution < 1.29 is 9.90 Å². The molecular formula is C22H26N4O2. The number of fused-ring (bicyclic) bond motifs is 1. The minimum atomic E-state index is -0.369. The number of carbonyl (C=O) groups is 1. The Balaban J connectivity index is 1.40. The summed E-state index contributed by atoms with van der Waals surface area (Å²) in [7, 11) is 0. The van der Waals surface area contributed by atoms with Crippen molar-refractivity contribution in [1.82, 2.24) is 19.5 Å². The van der Waals surface area contributed by atoms with Crippen LogP contribution in [0.5, 0.6) is 0 Å². The van der Waals surface area contributed by atoms with Gasteiger partial charge in [-0.2, -0.15) is 5.10 Å². The molecule has 3 aromatic rings. The van der Waals surface area contributed by atoms with E-state index in [1.807, 2.05) is 55.1 Å². The van der Waals surface area contributed by atoms with Crippen molar-refractivity contribution in [2.24, 2.45) is 5.92 Å². The molecular weight excluding hydrogens is 352 g/mol. The van der Waals surface area contributed by atoms with E-state index in [2.05, 4.69) is 10.1 Å². The van der Waals surface area contributed by atoms with Crippen LogP contribution in [-0.2, 0) is 6.42 Å². The Labute approximate surface area is 164 Å². The molecule has 1 atom stereocenters. The van der Waals surface area contributed by atoms with E-state index in [0.717, 1.165) is 29.8 Å². The Morgan fingerprint density at radius 2 is 1.89 bits per heavy atom. The van der Waals surface area contributed by atoms with E-state index >= 15 is 0 Å². The van der Waals surface area contributed by atoms with Gasteiger partial charge in [-0.3, -0.25) is 4.79 Å². The first-order chi connectivity index (χ1) is 13.5. The van der Waals surface area contributed by atoms with Crippen LogP contribution < -0.4 is 0 Å². The highest BCUT2D eigenvalue weighted by atomic mass is 16.3. The van der Waals surface area contributed by atoms with Gasteiger partial charge in [0.25, 0.3) is 5.91 Å². The van der Waals surface area contributed by atoms with Crippen LogP contribution in [0.2, 0.25) is 0 Å². The predicted molar refractivity (Wildman–Crippen MR) is 107 cm³/mol. The van der Waals surface area contributed by atoms with Gasteiger partial charge in [0.1, 0.15) is 5.69 Å². The first-order valence-corrected chi connectivity index (χ1v) is 9.86. The quantitative estimate of drug-likeness (QED) is 0.758. The molecule has 146 valence electrons. The summed E-state index contributed by atoms with van der Waals surface area (Å²) in [5.74, 6) is 0.180. The average Bonchev–Trinajstić information content (AvgIpc) is 3.09. The molecule has 1 saturated heterocycles. The van der Waals surface area contributed by atoms with E-state index in [-0.39, 0.29) is 17.9 Å². The number of rotatable bonds is 4. The summed E-state index contributed by atoms with van der Waals surface area (Å²) in [6, 6.07) is 13.8. The number of nitrogens with zero attached hydrogens (tertiary/aromatic N) is 4. The lowest BCUT2D eigenvalue weighted by Crippen LogP contribution is -2.42. The second kappa shape index (κ2) is 7.72. The van der Waals surface area contributed by atoms with Crippen molar-refractivity contribution in [3.05, 3.63) is 65.1 Å². The zero-order valence-electron chi connectivity index (χ0n) is 16.4. The van der Waals surface area contributed by atoms with Gasteiger partial charge in [0.15, 0.2) is 5.65 Å². The maximum absolute atomic E-state index is 12.9. The second-order valence-corrected chi connectivity index (χ2v) is 7.73. The van der Waals surface area contributed by atoms with Gasteiger partial charge in [0, 0.05) is 24.8 Å². The number of hydrogen-bond acceptors (Lipinski definition) is 4. The van der Waals surface area contributed by atoms with Gasteiger partial charge in [0.2, 0.25) is 0 Å². The number of amides is 1. The zero-order chi connectivity index (χ0) is 19.7. The van der Waals surface area contributed by atoms with E-state index in [4.69, 9.17) is 0 Å². The van der Waals surface area contributed by atoms with Crippen LogP contribution in [-0.4, -0.2) is 49.7 Å². The fourth-order valence-electron chi connectivity index (χ4n) is 4.02. The fourth-order valence-corrected chi connectivity index (χ4v) is 4.02. The van der Waals surface area contributed by atoms with Crippen molar-refractivity contribution in [2.75, 3.05) is 13.1 Å². The number of aryl methyl sites for hydroxylation is 2. The standard InChI is InChI=1S/C22H26N4O2/c1-15-12-21-23-19(13-16(2)26(21)24-15)22(28)25-10-8-18(9-11-25)20(27)14-17-6-4-3-5-7-17/h3-7,12-13,18,20,27H,8-11,14H2,1-2H3/t20-/m1/s1. The highest BCUT2D eigenvalue weighted by Gasteiger charge is 2.28. The van der Waals surface area contributed by atoms with Crippen LogP contribution in [0.25, 0.3) is 5.65 Å². The Morgan fingerprint density at radius 3 is 2.61 bits per heavy atom. The van der Waals surface area contributed by atoms with Gasteiger partial charge in [0.05, 0.1) is 11.8 Å². The molecule has 4 rings (SSSR count). The minimum absolute atomic E-state index is 0.0412. The summed E-state index contributed by atoms with van der Waals surface area (Å²) in [5.41, 5.74) is 4.10. The van der Waals surface area contributed by atoms with Crippen molar-refractivity contribution in [1.29, 1.82) is 0 Å². The number of likely N-dealkylation sites (tertiary alicyclic amines) is 1. The molecule has 1 amide bonds. The zero-order valence-corrected chi connectivity index (χ0v) is 16.4. The number of aliphatic hydroxyl groups excluding tert-OH is 1. The summed E-state index contributed by atoms with van der Waals surface area (Å²) in [4.78, 5) is 19.3. The molecule has 6 nitrogen and oxygen atoms in total. The van der Waals surface area contributed by atoms with Crippen LogP contribution >= 0.6 is 0 Å². The number of carbonyl (C=O) groups excluding carboxylic acids is 1. The smallest absolute Gasteiger partial charge is 0.272 e. The number of hydrogen-bond donors (Lipinski definition) is 1. The molecule has 0 spiro atoms. The molecule has 1 aliphatic heterocycles. The topological polar surface area (TPSA) is 70.7 Å². The third-order valence-electron chi connectivity index (χ3n) is 5.61. The monoisotopic (exact) mass is 378 g/mol. The summed E-state index contributed by atoms with van der Waals surface area (Å²) < 4.78 is 1.76.